The van der Waals surface area contributed by atoms with E-state index in [4.69, 9.17) is 5.26 Å². The molecule has 1 N–H and O–H groups in total. The van der Waals surface area contributed by atoms with E-state index in [2.05, 4.69) is 27.3 Å². The van der Waals surface area contributed by atoms with Crippen molar-refractivity contribution in [2.45, 2.75) is 19.3 Å². The number of nitrogens with one attached hydrogen (secondary N) is 1. The van der Waals surface area contributed by atoms with Crippen LogP contribution in [-0.4, -0.2) is 5.91 Å². The van der Waals surface area contributed by atoms with E-state index in [-0.39, 0.29) is 11.8 Å². The molecule has 2 aromatic carbocycles. The standard InChI is InChI=1S/C17H15BrN2O/c1-2-15(12-6-4-3-5-7-12)17(21)20-16-9-8-14(18)10-13(16)11-19/h3-10,15H,2H2,1H3,(H,20,21). The largest absolute Gasteiger partial charge is 0.324 e. The van der Waals surface area contributed by atoms with Crippen molar-refractivity contribution in [3.05, 3.63) is 64.1 Å². The predicted molar refractivity (Wildman–Crippen MR) is 87.0 cm³/mol. The molecule has 0 spiro atoms. The molecule has 2 rings (SSSR count). The SMILES string of the molecule is CCC(C(=O)Nc1ccc(Br)cc1C#N)c1ccccc1. The number of rotatable bonds is 4. The van der Waals surface area contributed by atoms with Gasteiger partial charge in [-0.3, -0.25) is 4.79 Å². The number of nitriles is 1. The Hall–Kier alpha value is -2.12. The number of benzene rings is 2. The van der Waals surface area contributed by atoms with E-state index in [0.29, 0.717) is 17.7 Å². The second-order valence-electron chi connectivity index (χ2n) is 4.66. The Morgan fingerprint density at radius 2 is 2.00 bits per heavy atom. The maximum atomic E-state index is 12.5. The number of amides is 1. The number of carbonyl (C=O) groups excluding carboxylic acids is 1. The first-order valence-electron chi connectivity index (χ1n) is 6.71. The summed E-state index contributed by atoms with van der Waals surface area (Å²) in [5, 5.41) is 12.0. The second-order valence-corrected chi connectivity index (χ2v) is 5.58. The second kappa shape index (κ2) is 7.05. The van der Waals surface area contributed by atoms with Gasteiger partial charge in [0.2, 0.25) is 5.91 Å². The summed E-state index contributed by atoms with van der Waals surface area (Å²) in [4.78, 5) is 12.5. The molecule has 1 unspecified atom stereocenters. The number of carbonyl (C=O) groups is 1. The van der Waals surface area contributed by atoms with Crippen LogP contribution < -0.4 is 5.32 Å². The summed E-state index contributed by atoms with van der Waals surface area (Å²) in [7, 11) is 0. The first kappa shape index (κ1) is 15.3. The van der Waals surface area contributed by atoms with Gasteiger partial charge in [0, 0.05) is 4.47 Å². The van der Waals surface area contributed by atoms with Crippen molar-refractivity contribution in [2.75, 3.05) is 5.32 Å². The lowest BCUT2D eigenvalue weighted by atomic mass is 9.95. The molecule has 4 heteroatoms. The highest BCUT2D eigenvalue weighted by Gasteiger charge is 2.19. The number of hydrogen-bond acceptors (Lipinski definition) is 2. The molecule has 3 nitrogen and oxygen atoms in total. The summed E-state index contributed by atoms with van der Waals surface area (Å²) in [6.07, 6.45) is 0.703. The minimum absolute atomic E-state index is 0.0949. The zero-order valence-corrected chi connectivity index (χ0v) is 13.2. The van der Waals surface area contributed by atoms with Crippen LogP contribution in [0, 0.1) is 11.3 Å². The van der Waals surface area contributed by atoms with Crippen molar-refractivity contribution >= 4 is 27.5 Å². The molecule has 0 fully saturated rings. The average molecular weight is 343 g/mol. The van der Waals surface area contributed by atoms with Gasteiger partial charge >= 0.3 is 0 Å². The molecular formula is C17H15BrN2O. The van der Waals surface area contributed by atoms with Gasteiger partial charge in [-0.05, 0) is 30.2 Å². The van der Waals surface area contributed by atoms with Gasteiger partial charge in [-0.1, -0.05) is 53.2 Å². The summed E-state index contributed by atoms with van der Waals surface area (Å²) in [5.74, 6) is -0.316. The van der Waals surface area contributed by atoms with E-state index in [1.54, 1.807) is 18.2 Å². The highest BCUT2D eigenvalue weighted by Crippen LogP contribution is 2.24. The van der Waals surface area contributed by atoms with Crippen LogP contribution in [0.5, 0.6) is 0 Å². The number of nitrogens with zero attached hydrogens (tertiary/aromatic N) is 1. The average Bonchev–Trinajstić information content (AvgIpc) is 2.51. The third-order valence-electron chi connectivity index (χ3n) is 3.29. The maximum Gasteiger partial charge on any atom is 0.231 e. The third kappa shape index (κ3) is 3.71. The smallest absolute Gasteiger partial charge is 0.231 e. The molecule has 1 atom stereocenters. The predicted octanol–water partition coefficient (Wildman–Crippen LogP) is 4.45. The molecular weight excluding hydrogens is 328 g/mol. The molecule has 0 saturated heterocycles. The van der Waals surface area contributed by atoms with Crippen molar-refractivity contribution in [2.24, 2.45) is 0 Å². The molecule has 0 aliphatic rings. The van der Waals surface area contributed by atoms with Gasteiger partial charge in [-0.25, -0.2) is 0 Å². The van der Waals surface area contributed by atoms with E-state index in [1.807, 2.05) is 37.3 Å². The fourth-order valence-electron chi connectivity index (χ4n) is 2.20. The lowest BCUT2D eigenvalue weighted by Crippen LogP contribution is -2.21. The lowest BCUT2D eigenvalue weighted by molar-refractivity contribution is -0.117. The Morgan fingerprint density at radius 1 is 1.29 bits per heavy atom. The van der Waals surface area contributed by atoms with Crippen molar-refractivity contribution in [1.29, 1.82) is 5.26 Å². The molecule has 1 amide bonds. The van der Waals surface area contributed by atoms with Crippen LogP contribution in [0.2, 0.25) is 0 Å². The van der Waals surface area contributed by atoms with Crippen LogP contribution in [0.25, 0.3) is 0 Å². The van der Waals surface area contributed by atoms with Crippen LogP contribution in [0.15, 0.2) is 53.0 Å². The Bertz CT molecular complexity index is 677. The summed E-state index contributed by atoms with van der Waals surface area (Å²) in [6.45, 7) is 1.98. The van der Waals surface area contributed by atoms with Gasteiger partial charge in [0.15, 0.2) is 0 Å². The van der Waals surface area contributed by atoms with Crippen LogP contribution in [0.1, 0.15) is 30.4 Å². The minimum Gasteiger partial charge on any atom is -0.324 e. The lowest BCUT2D eigenvalue weighted by Gasteiger charge is -2.16. The first-order valence-corrected chi connectivity index (χ1v) is 7.50. The van der Waals surface area contributed by atoms with Gasteiger partial charge in [0.25, 0.3) is 0 Å². The highest BCUT2D eigenvalue weighted by atomic mass is 79.9. The van der Waals surface area contributed by atoms with Gasteiger partial charge < -0.3 is 5.32 Å². The molecule has 0 bridgehead atoms. The number of hydrogen-bond donors (Lipinski definition) is 1. The molecule has 21 heavy (non-hydrogen) atoms. The van der Waals surface area contributed by atoms with E-state index in [0.717, 1.165) is 10.0 Å². The summed E-state index contributed by atoms with van der Waals surface area (Å²) < 4.78 is 0.812. The zero-order valence-electron chi connectivity index (χ0n) is 11.6. The Balaban J connectivity index is 2.23. The van der Waals surface area contributed by atoms with E-state index in [9.17, 15) is 4.79 Å². The van der Waals surface area contributed by atoms with Crippen molar-refractivity contribution in [3.63, 3.8) is 0 Å². The fraction of sp³-hybridized carbons (Fsp3) is 0.176. The van der Waals surface area contributed by atoms with Gasteiger partial charge in [-0.15, -0.1) is 0 Å². The quantitative estimate of drug-likeness (QED) is 0.891. The Labute approximate surface area is 132 Å². The molecule has 0 aromatic heterocycles. The minimum atomic E-state index is -0.221. The van der Waals surface area contributed by atoms with E-state index >= 15 is 0 Å². The van der Waals surface area contributed by atoms with Crippen molar-refractivity contribution in [3.8, 4) is 6.07 Å². The van der Waals surface area contributed by atoms with Crippen molar-refractivity contribution < 1.29 is 4.79 Å². The molecule has 0 saturated carbocycles. The molecule has 0 aliphatic carbocycles. The zero-order chi connectivity index (χ0) is 15.2. The monoisotopic (exact) mass is 342 g/mol. The summed E-state index contributed by atoms with van der Waals surface area (Å²) in [6, 6.07) is 17.0. The summed E-state index contributed by atoms with van der Waals surface area (Å²) in [5.41, 5.74) is 1.97. The fourth-order valence-corrected chi connectivity index (χ4v) is 2.56. The normalized spacial score (nSPS) is 11.5. The number of halogens is 1. The van der Waals surface area contributed by atoms with E-state index < -0.39 is 0 Å². The van der Waals surface area contributed by atoms with Crippen LogP contribution in [0.4, 0.5) is 5.69 Å². The van der Waals surface area contributed by atoms with Gasteiger partial charge in [-0.2, -0.15) is 5.26 Å². The molecule has 0 aliphatic heterocycles. The Kier molecular flexibility index (Phi) is 5.13. The molecule has 0 radical (unpaired) electrons. The summed E-state index contributed by atoms with van der Waals surface area (Å²) >= 11 is 3.32. The highest BCUT2D eigenvalue weighted by molar-refractivity contribution is 9.10. The molecule has 2 aromatic rings. The molecule has 106 valence electrons. The molecule has 0 heterocycles. The van der Waals surface area contributed by atoms with Crippen LogP contribution in [0.3, 0.4) is 0 Å². The van der Waals surface area contributed by atoms with Gasteiger partial charge in [0.05, 0.1) is 17.2 Å². The third-order valence-corrected chi connectivity index (χ3v) is 3.78. The maximum absolute atomic E-state index is 12.5. The number of anilines is 1. The Morgan fingerprint density at radius 3 is 2.62 bits per heavy atom. The topological polar surface area (TPSA) is 52.9 Å². The van der Waals surface area contributed by atoms with Crippen molar-refractivity contribution in [1.82, 2.24) is 0 Å². The van der Waals surface area contributed by atoms with Gasteiger partial charge in [0.1, 0.15) is 6.07 Å². The first-order chi connectivity index (χ1) is 10.2. The van der Waals surface area contributed by atoms with Crippen LogP contribution >= 0.6 is 15.9 Å². The van der Waals surface area contributed by atoms with E-state index in [1.165, 1.54) is 0 Å². The van der Waals surface area contributed by atoms with Crippen LogP contribution in [-0.2, 0) is 4.79 Å².